The van der Waals surface area contributed by atoms with Crippen molar-refractivity contribution >= 4 is 16.8 Å². The zero-order valence-corrected chi connectivity index (χ0v) is 16.4. The molecular weight excluding hydrogens is 346 g/mol. The number of amides is 1. The van der Waals surface area contributed by atoms with E-state index in [1.807, 2.05) is 60.7 Å². The number of pyridine rings is 1. The molecule has 0 spiro atoms. The van der Waals surface area contributed by atoms with Gasteiger partial charge in [-0.25, -0.2) is 4.98 Å². The second-order valence-corrected chi connectivity index (χ2v) is 7.67. The van der Waals surface area contributed by atoms with Gasteiger partial charge in [0.1, 0.15) is 0 Å². The highest BCUT2D eigenvalue weighted by Crippen LogP contribution is 2.25. The van der Waals surface area contributed by atoms with Crippen LogP contribution in [0.5, 0.6) is 0 Å². The third-order valence-electron chi connectivity index (χ3n) is 5.39. The quantitative estimate of drug-likeness (QED) is 0.716. The lowest BCUT2D eigenvalue weighted by Crippen LogP contribution is -2.43. The molecule has 4 rings (SSSR count). The molecule has 1 aliphatic rings. The number of para-hydroxylation sites is 1. The monoisotopic (exact) mass is 373 g/mol. The zero-order chi connectivity index (χ0) is 19.3. The zero-order valence-electron chi connectivity index (χ0n) is 16.4. The predicted octanol–water partition coefficient (Wildman–Crippen LogP) is 4.51. The summed E-state index contributed by atoms with van der Waals surface area (Å²) in [7, 11) is 0. The topological polar surface area (TPSA) is 45.2 Å². The van der Waals surface area contributed by atoms with E-state index in [9.17, 15) is 4.79 Å². The smallest absolute Gasteiger partial charge is 0.252 e. The molecule has 1 aromatic heterocycles. The number of carbonyl (C=O) groups excluding carboxylic acids is 1. The van der Waals surface area contributed by atoms with Gasteiger partial charge in [0.25, 0.3) is 5.91 Å². The van der Waals surface area contributed by atoms with Crippen molar-refractivity contribution in [1.82, 2.24) is 15.2 Å². The van der Waals surface area contributed by atoms with Crippen LogP contribution in [0.15, 0.2) is 60.7 Å². The minimum absolute atomic E-state index is 0.0275. The first-order valence-electron chi connectivity index (χ1n) is 10.2. The van der Waals surface area contributed by atoms with Gasteiger partial charge in [-0.15, -0.1) is 0 Å². The fourth-order valence-corrected chi connectivity index (χ4v) is 4.00. The molecule has 1 amide bonds. The maximum Gasteiger partial charge on any atom is 0.252 e. The van der Waals surface area contributed by atoms with Crippen molar-refractivity contribution in [2.45, 2.75) is 32.2 Å². The van der Waals surface area contributed by atoms with Crippen LogP contribution in [-0.2, 0) is 0 Å². The second kappa shape index (κ2) is 8.53. The van der Waals surface area contributed by atoms with E-state index in [1.165, 1.54) is 19.3 Å². The van der Waals surface area contributed by atoms with Crippen LogP contribution in [-0.4, -0.2) is 41.5 Å². The first-order valence-corrected chi connectivity index (χ1v) is 10.2. The Morgan fingerprint density at radius 2 is 1.75 bits per heavy atom. The summed E-state index contributed by atoms with van der Waals surface area (Å²) >= 11 is 0. The third-order valence-corrected chi connectivity index (χ3v) is 5.39. The predicted molar refractivity (Wildman–Crippen MR) is 114 cm³/mol. The van der Waals surface area contributed by atoms with E-state index in [1.54, 1.807) is 0 Å². The van der Waals surface area contributed by atoms with Gasteiger partial charge in [-0.1, -0.05) is 55.0 Å². The molecule has 4 heteroatoms. The fourth-order valence-electron chi connectivity index (χ4n) is 4.00. The summed E-state index contributed by atoms with van der Waals surface area (Å²) in [5, 5.41) is 4.10. The summed E-state index contributed by atoms with van der Waals surface area (Å²) in [6, 6.07) is 19.9. The van der Waals surface area contributed by atoms with Gasteiger partial charge < -0.3 is 10.2 Å². The number of benzene rings is 2. The van der Waals surface area contributed by atoms with Gasteiger partial charge >= 0.3 is 0 Å². The van der Waals surface area contributed by atoms with Crippen LogP contribution in [0.2, 0.25) is 0 Å². The number of piperidine rings is 1. The summed E-state index contributed by atoms with van der Waals surface area (Å²) in [6.07, 6.45) is 3.84. The Balaban J connectivity index is 1.60. The van der Waals surface area contributed by atoms with Crippen LogP contribution >= 0.6 is 0 Å². The van der Waals surface area contributed by atoms with Crippen molar-refractivity contribution in [2.75, 3.05) is 19.6 Å². The van der Waals surface area contributed by atoms with E-state index in [0.29, 0.717) is 5.56 Å². The summed E-state index contributed by atoms with van der Waals surface area (Å²) < 4.78 is 0. The molecule has 1 N–H and O–H groups in total. The van der Waals surface area contributed by atoms with Gasteiger partial charge in [0.05, 0.1) is 16.8 Å². The molecule has 0 aliphatic carbocycles. The molecule has 0 saturated carbocycles. The normalized spacial score (nSPS) is 16.0. The third kappa shape index (κ3) is 4.23. The lowest BCUT2D eigenvalue weighted by molar-refractivity contribution is 0.0927. The highest BCUT2D eigenvalue weighted by atomic mass is 16.1. The lowest BCUT2D eigenvalue weighted by Gasteiger charge is -2.29. The van der Waals surface area contributed by atoms with Gasteiger partial charge in [0.15, 0.2) is 0 Å². The highest BCUT2D eigenvalue weighted by molar-refractivity contribution is 6.07. The summed E-state index contributed by atoms with van der Waals surface area (Å²) in [5.74, 6) is -0.0275. The number of nitrogens with one attached hydrogen (secondary N) is 1. The maximum atomic E-state index is 13.1. The molecule has 1 aliphatic heterocycles. The lowest BCUT2D eigenvalue weighted by atomic mass is 10.0. The fraction of sp³-hybridized carbons (Fsp3) is 0.333. The molecule has 28 heavy (non-hydrogen) atoms. The Labute approximate surface area is 166 Å². The van der Waals surface area contributed by atoms with Gasteiger partial charge in [-0.05, 0) is 45.0 Å². The second-order valence-electron chi connectivity index (χ2n) is 7.67. The molecule has 4 nitrogen and oxygen atoms in total. The minimum atomic E-state index is -0.0275. The molecule has 1 fully saturated rings. The highest BCUT2D eigenvalue weighted by Gasteiger charge is 2.18. The maximum absolute atomic E-state index is 13.1. The number of nitrogens with zero attached hydrogens (tertiary/aromatic N) is 2. The van der Waals surface area contributed by atoms with Crippen LogP contribution in [0.25, 0.3) is 22.2 Å². The number of hydrogen-bond donors (Lipinski definition) is 1. The van der Waals surface area contributed by atoms with Crippen LogP contribution in [0.4, 0.5) is 0 Å². The number of fused-ring (bicyclic) bond motifs is 1. The van der Waals surface area contributed by atoms with Crippen LogP contribution in [0, 0.1) is 0 Å². The summed E-state index contributed by atoms with van der Waals surface area (Å²) in [4.78, 5) is 20.4. The van der Waals surface area contributed by atoms with E-state index in [2.05, 4.69) is 17.1 Å². The Morgan fingerprint density at radius 3 is 2.54 bits per heavy atom. The Bertz CT molecular complexity index is 948. The number of hydrogen-bond acceptors (Lipinski definition) is 3. The van der Waals surface area contributed by atoms with Gasteiger partial charge in [-0.2, -0.15) is 0 Å². The molecule has 2 heterocycles. The molecule has 0 unspecified atom stereocenters. The largest absolute Gasteiger partial charge is 0.348 e. The Morgan fingerprint density at radius 1 is 1.04 bits per heavy atom. The first kappa shape index (κ1) is 18.6. The van der Waals surface area contributed by atoms with E-state index >= 15 is 0 Å². The first-order chi connectivity index (χ1) is 13.7. The van der Waals surface area contributed by atoms with E-state index in [0.717, 1.165) is 41.8 Å². The van der Waals surface area contributed by atoms with Crippen molar-refractivity contribution in [3.63, 3.8) is 0 Å². The average molecular weight is 374 g/mol. The number of likely N-dealkylation sites (tertiary alicyclic amines) is 1. The van der Waals surface area contributed by atoms with Gasteiger partial charge in [0, 0.05) is 23.5 Å². The molecule has 144 valence electrons. The molecule has 0 radical (unpaired) electrons. The molecule has 1 saturated heterocycles. The van der Waals surface area contributed by atoms with Gasteiger partial charge in [0.2, 0.25) is 0 Å². The number of rotatable bonds is 5. The van der Waals surface area contributed by atoms with Crippen molar-refractivity contribution in [3.8, 4) is 11.3 Å². The minimum Gasteiger partial charge on any atom is -0.348 e. The van der Waals surface area contributed by atoms with Crippen molar-refractivity contribution < 1.29 is 4.79 Å². The summed E-state index contributed by atoms with van der Waals surface area (Å²) in [5.41, 5.74) is 3.38. The molecule has 0 bridgehead atoms. The Kier molecular flexibility index (Phi) is 5.68. The van der Waals surface area contributed by atoms with Gasteiger partial charge in [-0.3, -0.25) is 4.79 Å². The van der Waals surface area contributed by atoms with Crippen LogP contribution in [0.1, 0.15) is 36.5 Å². The number of carbonyl (C=O) groups is 1. The molecule has 2 aromatic carbocycles. The van der Waals surface area contributed by atoms with E-state index in [-0.39, 0.29) is 11.9 Å². The Hall–Kier alpha value is -2.72. The summed E-state index contributed by atoms with van der Waals surface area (Å²) in [6.45, 7) is 5.27. The number of aromatic nitrogens is 1. The molecular formula is C24H27N3O. The van der Waals surface area contributed by atoms with Crippen LogP contribution < -0.4 is 5.32 Å². The van der Waals surface area contributed by atoms with Crippen molar-refractivity contribution in [1.29, 1.82) is 0 Å². The van der Waals surface area contributed by atoms with Crippen molar-refractivity contribution in [3.05, 3.63) is 66.2 Å². The van der Waals surface area contributed by atoms with E-state index < -0.39 is 0 Å². The molecule has 3 aromatic rings. The van der Waals surface area contributed by atoms with E-state index in [4.69, 9.17) is 4.98 Å². The average Bonchev–Trinajstić information content (AvgIpc) is 2.74. The van der Waals surface area contributed by atoms with Crippen LogP contribution in [0.3, 0.4) is 0 Å². The van der Waals surface area contributed by atoms with Crippen molar-refractivity contribution in [2.24, 2.45) is 0 Å². The SMILES string of the molecule is C[C@@H](CN1CCCCC1)NC(=O)c1cc(-c2ccccc2)nc2ccccc12. The standard InChI is InChI=1S/C24H27N3O/c1-18(17-27-14-8-3-9-15-27)25-24(28)21-16-23(19-10-4-2-5-11-19)26-22-13-7-6-12-20(21)22/h2,4-7,10-13,16,18H,3,8-9,14-15,17H2,1H3,(H,25,28)/t18-/m0/s1. The molecule has 1 atom stereocenters.